The van der Waals surface area contributed by atoms with Gasteiger partial charge in [0.2, 0.25) is 0 Å². The predicted molar refractivity (Wildman–Crippen MR) is 132 cm³/mol. The Balaban J connectivity index is 2.05. The number of furan rings is 1. The van der Waals surface area contributed by atoms with Crippen LogP contribution in [-0.4, -0.2) is 30.0 Å². The van der Waals surface area contributed by atoms with Gasteiger partial charge in [-0.15, -0.1) is 0 Å². The van der Waals surface area contributed by atoms with Gasteiger partial charge in [-0.05, 0) is 42.3 Å². The Morgan fingerprint density at radius 1 is 1.06 bits per heavy atom. The molecule has 1 heterocycles. The number of nitrogens with one attached hydrogen (secondary N) is 1. The van der Waals surface area contributed by atoms with E-state index in [-0.39, 0.29) is 11.7 Å². The molecular formula is C26H25FN2O3S. The Labute approximate surface area is 194 Å². The van der Waals surface area contributed by atoms with Gasteiger partial charge in [-0.3, -0.25) is 9.10 Å². The number of benzene rings is 3. The third-order valence-electron chi connectivity index (χ3n) is 5.46. The van der Waals surface area contributed by atoms with Gasteiger partial charge in [-0.1, -0.05) is 37.3 Å². The topological polar surface area (TPSA) is 62.6 Å². The minimum absolute atomic E-state index is 0.302. The van der Waals surface area contributed by atoms with Gasteiger partial charge in [-0.2, -0.15) is 0 Å². The average molecular weight is 465 g/mol. The zero-order valence-electron chi connectivity index (χ0n) is 18.7. The van der Waals surface area contributed by atoms with Gasteiger partial charge < -0.3 is 9.73 Å². The van der Waals surface area contributed by atoms with Crippen molar-refractivity contribution in [1.82, 2.24) is 5.32 Å². The summed E-state index contributed by atoms with van der Waals surface area (Å²) in [6.07, 6.45) is 2.46. The second-order valence-electron chi connectivity index (χ2n) is 7.65. The van der Waals surface area contributed by atoms with Crippen LogP contribution in [0.3, 0.4) is 0 Å². The van der Waals surface area contributed by atoms with Gasteiger partial charge in [0, 0.05) is 42.4 Å². The summed E-state index contributed by atoms with van der Waals surface area (Å²) < 4.78 is 34.2. The molecular weight excluding hydrogens is 439 g/mol. The van der Waals surface area contributed by atoms with Crippen LogP contribution in [0.5, 0.6) is 0 Å². The molecule has 3 aromatic carbocycles. The monoisotopic (exact) mass is 464 g/mol. The van der Waals surface area contributed by atoms with Crippen LogP contribution < -0.4 is 9.62 Å². The normalized spacial score (nSPS) is 12.0. The fourth-order valence-corrected chi connectivity index (χ4v) is 4.80. The molecule has 1 N–H and O–H groups in total. The van der Waals surface area contributed by atoms with Gasteiger partial charge in [-0.25, -0.2) is 8.60 Å². The predicted octanol–water partition coefficient (Wildman–Crippen LogP) is 5.78. The number of anilines is 1. The van der Waals surface area contributed by atoms with E-state index < -0.39 is 11.0 Å². The van der Waals surface area contributed by atoms with Crippen LogP contribution in [0.25, 0.3) is 33.4 Å². The van der Waals surface area contributed by atoms with Crippen molar-refractivity contribution in [2.24, 2.45) is 0 Å². The Morgan fingerprint density at radius 3 is 2.36 bits per heavy atom. The number of halogens is 1. The maximum atomic E-state index is 13.5. The lowest BCUT2D eigenvalue weighted by molar-refractivity contribution is 0.0964. The fourth-order valence-electron chi connectivity index (χ4n) is 3.93. The SMILES string of the molecule is CCCN(c1cc2oc(-c3ccc(F)cc3)c(C(=O)NC)c2cc1-c1ccccc1)S(C)=O. The zero-order valence-corrected chi connectivity index (χ0v) is 19.5. The van der Waals surface area contributed by atoms with E-state index in [0.29, 0.717) is 34.4 Å². The Bertz CT molecular complexity index is 1320. The largest absolute Gasteiger partial charge is 0.455 e. The Morgan fingerprint density at radius 2 is 1.76 bits per heavy atom. The molecule has 0 aliphatic carbocycles. The molecule has 0 aliphatic rings. The summed E-state index contributed by atoms with van der Waals surface area (Å²) >= 11 is 0. The van der Waals surface area contributed by atoms with Gasteiger partial charge >= 0.3 is 0 Å². The first-order chi connectivity index (χ1) is 15.9. The number of hydrogen-bond acceptors (Lipinski definition) is 3. The van der Waals surface area contributed by atoms with Crippen LogP contribution in [0, 0.1) is 5.82 Å². The molecule has 1 unspecified atom stereocenters. The molecule has 0 radical (unpaired) electrons. The molecule has 1 aromatic heterocycles. The van der Waals surface area contributed by atoms with Crippen LogP contribution in [0.1, 0.15) is 23.7 Å². The van der Waals surface area contributed by atoms with Crippen molar-refractivity contribution in [1.29, 1.82) is 0 Å². The van der Waals surface area contributed by atoms with Gasteiger partial charge in [0.15, 0.2) is 0 Å². The summed E-state index contributed by atoms with van der Waals surface area (Å²) in [4.78, 5) is 12.9. The molecule has 7 heteroatoms. The van der Waals surface area contributed by atoms with E-state index in [9.17, 15) is 13.4 Å². The number of carbonyl (C=O) groups excluding carboxylic acids is 1. The first kappa shape index (κ1) is 22.7. The molecule has 0 bridgehead atoms. The second-order valence-corrected chi connectivity index (χ2v) is 8.94. The van der Waals surface area contributed by atoms with Crippen LogP contribution >= 0.6 is 0 Å². The van der Waals surface area contributed by atoms with Crippen molar-refractivity contribution < 1.29 is 17.8 Å². The standard InChI is InChI=1S/C26H25FN2O3S/c1-4-14-29(33(3)31)22-16-23-21(15-20(22)17-8-6-5-7-9-17)24(26(30)28-2)25(32-23)18-10-12-19(27)13-11-18/h5-13,15-16H,4,14H2,1-3H3,(H,28,30). The van der Waals surface area contributed by atoms with Gasteiger partial charge in [0.05, 0.1) is 11.3 Å². The summed E-state index contributed by atoms with van der Waals surface area (Å²) in [6, 6.07) is 19.4. The first-order valence-corrected chi connectivity index (χ1v) is 12.2. The van der Waals surface area contributed by atoms with E-state index in [1.807, 2.05) is 53.7 Å². The Hall–Kier alpha value is -3.45. The lowest BCUT2D eigenvalue weighted by atomic mass is 9.98. The highest BCUT2D eigenvalue weighted by atomic mass is 32.2. The van der Waals surface area contributed by atoms with Crippen molar-refractivity contribution >= 4 is 33.5 Å². The molecule has 0 aliphatic heterocycles. The molecule has 4 rings (SSSR count). The van der Waals surface area contributed by atoms with E-state index in [2.05, 4.69) is 5.32 Å². The number of hydrogen-bond donors (Lipinski definition) is 1. The van der Waals surface area contributed by atoms with E-state index in [4.69, 9.17) is 4.42 Å². The van der Waals surface area contributed by atoms with Crippen molar-refractivity contribution in [2.45, 2.75) is 13.3 Å². The van der Waals surface area contributed by atoms with E-state index in [1.54, 1.807) is 25.4 Å². The minimum Gasteiger partial charge on any atom is -0.455 e. The molecule has 0 saturated heterocycles. The van der Waals surface area contributed by atoms with E-state index >= 15 is 0 Å². The maximum Gasteiger partial charge on any atom is 0.255 e. The van der Waals surface area contributed by atoms with Crippen molar-refractivity contribution in [2.75, 3.05) is 24.2 Å². The van der Waals surface area contributed by atoms with Gasteiger partial charge in [0.25, 0.3) is 5.91 Å². The number of nitrogens with zero attached hydrogens (tertiary/aromatic N) is 1. The third kappa shape index (κ3) is 4.41. The summed E-state index contributed by atoms with van der Waals surface area (Å²) in [5.41, 5.74) is 4.02. The molecule has 1 atom stereocenters. The lowest BCUT2D eigenvalue weighted by Gasteiger charge is -2.24. The van der Waals surface area contributed by atoms with Crippen LogP contribution in [-0.2, 0) is 11.0 Å². The summed E-state index contributed by atoms with van der Waals surface area (Å²) in [7, 11) is 0.303. The number of fused-ring (bicyclic) bond motifs is 1. The molecule has 0 saturated carbocycles. The molecule has 5 nitrogen and oxygen atoms in total. The van der Waals surface area contributed by atoms with Crippen LogP contribution in [0.2, 0.25) is 0 Å². The minimum atomic E-state index is -1.26. The average Bonchev–Trinajstić information content (AvgIpc) is 3.20. The second kappa shape index (κ2) is 9.58. The maximum absolute atomic E-state index is 13.5. The summed E-state index contributed by atoms with van der Waals surface area (Å²) in [5, 5.41) is 3.32. The van der Waals surface area contributed by atoms with Crippen molar-refractivity contribution in [3.8, 4) is 22.5 Å². The smallest absolute Gasteiger partial charge is 0.255 e. The van der Waals surface area contributed by atoms with E-state index in [0.717, 1.165) is 23.2 Å². The number of rotatable bonds is 7. The summed E-state index contributed by atoms with van der Waals surface area (Å²) in [5.74, 6) is -0.310. The highest BCUT2D eigenvalue weighted by molar-refractivity contribution is 7.85. The molecule has 33 heavy (non-hydrogen) atoms. The molecule has 0 spiro atoms. The van der Waals surface area contributed by atoms with Gasteiger partial charge in [0.1, 0.15) is 28.1 Å². The third-order valence-corrected chi connectivity index (χ3v) is 6.46. The number of carbonyl (C=O) groups is 1. The van der Waals surface area contributed by atoms with Crippen molar-refractivity contribution in [3.05, 3.63) is 78.1 Å². The molecule has 4 aromatic rings. The zero-order chi connectivity index (χ0) is 23.5. The molecule has 0 fully saturated rings. The first-order valence-electron chi connectivity index (χ1n) is 10.7. The van der Waals surface area contributed by atoms with Crippen LogP contribution in [0.4, 0.5) is 10.1 Å². The summed E-state index contributed by atoms with van der Waals surface area (Å²) in [6.45, 7) is 2.63. The Kier molecular flexibility index (Phi) is 6.60. The lowest BCUT2D eigenvalue weighted by Crippen LogP contribution is -2.26. The highest BCUT2D eigenvalue weighted by Gasteiger charge is 2.25. The quantitative estimate of drug-likeness (QED) is 0.377. The van der Waals surface area contributed by atoms with Crippen LogP contribution in [0.15, 0.2) is 71.1 Å². The van der Waals surface area contributed by atoms with E-state index in [1.165, 1.54) is 12.1 Å². The highest BCUT2D eigenvalue weighted by Crippen LogP contribution is 2.41. The molecule has 170 valence electrons. The fraction of sp³-hybridized carbons (Fsp3) is 0.192. The molecule has 1 amide bonds. The van der Waals surface area contributed by atoms with Crippen molar-refractivity contribution in [3.63, 3.8) is 0 Å². The number of amides is 1.